The van der Waals surface area contributed by atoms with E-state index in [1.807, 2.05) is 19.1 Å². The van der Waals surface area contributed by atoms with Crippen LogP contribution in [0.3, 0.4) is 0 Å². The molecule has 2 rings (SSSR count). The number of aryl methyl sites for hydroxylation is 1. The van der Waals surface area contributed by atoms with Crippen molar-refractivity contribution in [2.45, 2.75) is 26.3 Å². The van der Waals surface area contributed by atoms with E-state index in [2.05, 4.69) is 56.2 Å². The molecule has 0 aromatic heterocycles. The van der Waals surface area contributed by atoms with Crippen molar-refractivity contribution in [3.8, 4) is 0 Å². The summed E-state index contributed by atoms with van der Waals surface area (Å²) in [6.45, 7) is 4.03. The maximum atomic E-state index is 13.4. The Labute approximate surface area is 135 Å². The molecule has 20 heavy (non-hydrogen) atoms. The highest BCUT2D eigenvalue weighted by Gasteiger charge is 2.09. The number of anilines is 1. The van der Waals surface area contributed by atoms with E-state index in [1.54, 1.807) is 12.1 Å². The van der Waals surface area contributed by atoms with E-state index in [4.69, 9.17) is 0 Å². The highest BCUT2D eigenvalue weighted by molar-refractivity contribution is 9.10. The van der Waals surface area contributed by atoms with Gasteiger partial charge in [-0.25, -0.2) is 4.39 Å². The molecule has 1 nitrogen and oxygen atoms in total. The molecule has 2 aromatic rings. The van der Waals surface area contributed by atoms with Crippen LogP contribution in [0, 0.1) is 12.7 Å². The second-order valence-electron chi connectivity index (χ2n) is 4.96. The largest absolute Gasteiger partial charge is 0.382 e. The van der Waals surface area contributed by atoms with Gasteiger partial charge in [-0.05, 0) is 71.6 Å². The minimum absolute atomic E-state index is 0.228. The summed E-state index contributed by atoms with van der Waals surface area (Å²) in [5.74, 6) is -0.228. The number of hydrogen-bond donors (Lipinski definition) is 1. The molecule has 2 aromatic carbocycles. The van der Waals surface area contributed by atoms with E-state index in [0.717, 1.165) is 22.1 Å². The predicted octanol–water partition coefficient (Wildman–Crippen LogP) is 5.70. The summed E-state index contributed by atoms with van der Waals surface area (Å²) in [6.07, 6.45) is 0.918. The summed E-state index contributed by atoms with van der Waals surface area (Å²) in [7, 11) is 0. The molecule has 0 spiro atoms. The molecule has 0 bridgehead atoms. The average molecular weight is 401 g/mol. The van der Waals surface area contributed by atoms with Gasteiger partial charge in [0.1, 0.15) is 5.82 Å². The third kappa shape index (κ3) is 4.06. The van der Waals surface area contributed by atoms with Gasteiger partial charge in [0.2, 0.25) is 0 Å². The Hall–Kier alpha value is -0.870. The Bertz CT molecular complexity index is 596. The molecule has 0 radical (unpaired) electrons. The van der Waals surface area contributed by atoms with Gasteiger partial charge >= 0.3 is 0 Å². The monoisotopic (exact) mass is 399 g/mol. The van der Waals surface area contributed by atoms with Crippen LogP contribution in [0.25, 0.3) is 0 Å². The molecule has 0 fully saturated rings. The SMILES string of the molecule is Cc1cc(F)c(Br)cc1NC(C)Cc1ccc(Br)cc1. The van der Waals surface area contributed by atoms with Gasteiger partial charge in [0.25, 0.3) is 0 Å². The van der Waals surface area contributed by atoms with Crippen LogP contribution < -0.4 is 5.32 Å². The smallest absolute Gasteiger partial charge is 0.137 e. The normalized spacial score (nSPS) is 12.2. The topological polar surface area (TPSA) is 12.0 Å². The van der Waals surface area contributed by atoms with Gasteiger partial charge in [-0.1, -0.05) is 28.1 Å². The van der Waals surface area contributed by atoms with Crippen molar-refractivity contribution in [1.29, 1.82) is 0 Å². The Balaban J connectivity index is 2.06. The third-order valence-corrected chi connectivity index (χ3v) is 4.26. The molecule has 0 aliphatic carbocycles. The van der Waals surface area contributed by atoms with Gasteiger partial charge in [0, 0.05) is 16.2 Å². The van der Waals surface area contributed by atoms with Gasteiger partial charge in [-0.2, -0.15) is 0 Å². The van der Waals surface area contributed by atoms with Gasteiger partial charge in [0.15, 0.2) is 0 Å². The minimum Gasteiger partial charge on any atom is -0.382 e. The van der Waals surface area contributed by atoms with E-state index < -0.39 is 0 Å². The first-order valence-electron chi connectivity index (χ1n) is 6.42. The van der Waals surface area contributed by atoms with Crippen LogP contribution in [0.5, 0.6) is 0 Å². The first-order valence-corrected chi connectivity index (χ1v) is 8.01. The summed E-state index contributed by atoms with van der Waals surface area (Å²) in [6, 6.07) is 11.9. The highest BCUT2D eigenvalue weighted by Crippen LogP contribution is 2.25. The zero-order valence-corrected chi connectivity index (χ0v) is 14.6. The van der Waals surface area contributed by atoms with Gasteiger partial charge in [-0.3, -0.25) is 0 Å². The Morgan fingerprint density at radius 3 is 2.45 bits per heavy atom. The number of rotatable bonds is 4. The second kappa shape index (κ2) is 6.72. The first-order chi connectivity index (χ1) is 9.45. The quantitative estimate of drug-likeness (QED) is 0.693. The number of nitrogens with one attached hydrogen (secondary N) is 1. The molecule has 0 heterocycles. The van der Waals surface area contributed by atoms with Crippen LogP contribution in [0.15, 0.2) is 45.3 Å². The number of benzene rings is 2. The number of halogens is 3. The minimum atomic E-state index is -0.228. The molecule has 106 valence electrons. The lowest BCUT2D eigenvalue weighted by molar-refractivity contribution is 0.620. The Morgan fingerprint density at radius 2 is 1.80 bits per heavy atom. The van der Waals surface area contributed by atoms with Gasteiger partial charge < -0.3 is 5.32 Å². The van der Waals surface area contributed by atoms with E-state index in [-0.39, 0.29) is 11.9 Å². The molecule has 0 aliphatic rings. The molecule has 0 aliphatic heterocycles. The molecule has 0 saturated carbocycles. The first kappa shape index (κ1) is 15.5. The summed E-state index contributed by atoms with van der Waals surface area (Å²) >= 11 is 6.66. The molecular weight excluding hydrogens is 385 g/mol. The van der Waals surface area contributed by atoms with Crippen molar-refractivity contribution >= 4 is 37.5 Å². The molecule has 1 unspecified atom stereocenters. The lowest BCUT2D eigenvalue weighted by Crippen LogP contribution is -2.18. The van der Waals surface area contributed by atoms with Crippen molar-refractivity contribution in [2.24, 2.45) is 0 Å². The number of hydrogen-bond acceptors (Lipinski definition) is 1. The van der Waals surface area contributed by atoms with E-state index in [1.165, 1.54) is 5.56 Å². The average Bonchev–Trinajstić information content (AvgIpc) is 2.39. The van der Waals surface area contributed by atoms with Gasteiger partial charge in [0.05, 0.1) is 4.47 Å². The van der Waals surface area contributed by atoms with E-state index in [0.29, 0.717) is 4.47 Å². The molecule has 4 heteroatoms. The summed E-state index contributed by atoms with van der Waals surface area (Å²) < 4.78 is 15.0. The fourth-order valence-electron chi connectivity index (χ4n) is 2.09. The maximum absolute atomic E-state index is 13.4. The molecule has 0 saturated heterocycles. The standard InChI is InChI=1S/C16H16Br2FN/c1-10-7-15(19)14(18)9-16(10)20-11(2)8-12-3-5-13(17)6-4-12/h3-7,9,11,20H,8H2,1-2H3. The van der Waals surface area contributed by atoms with Crippen LogP contribution in [0.4, 0.5) is 10.1 Å². The Kier molecular flexibility index (Phi) is 5.22. The molecule has 1 atom stereocenters. The van der Waals surface area contributed by atoms with Crippen LogP contribution in [0.2, 0.25) is 0 Å². The molecule has 1 N–H and O–H groups in total. The zero-order chi connectivity index (χ0) is 14.7. The maximum Gasteiger partial charge on any atom is 0.137 e. The van der Waals surface area contributed by atoms with Crippen LogP contribution in [-0.4, -0.2) is 6.04 Å². The van der Waals surface area contributed by atoms with Crippen LogP contribution >= 0.6 is 31.9 Å². The third-order valence-electron chi connectivity index (χ3n) is 3.12. The molecule has 0 amide bonds. The fraction of sp³-hybridized carbons (Fsp3) is 0.250. The zero-order valence-electron chi connectivity index (χ0n) is 11.4. The van der Waals surface area contributed by atoms with Crippen molar-refractivity contribution in [3.63, 3.8) is 0 Å². The lowest BCUT2D eigenvalue weighted by Gasteiger charge is -2.18. The molecular formula is C16H16Br2FN. The summed E-state index contributed by atoms with van der Waals surface area (Å²) in [4.78, 5) is 0. The highest BCUT2D eigenvalue weighted by atomic mass is 79.9. The summed E-state index contributed by atoms with van der Waals surface area (Å²) in [5.41, 5.74) is 3.14. The van der Waals surface area contributed by atoms with Crippen LogP contribution in [-0.2, 0) is 6.42 Å². The van der Waals surface area contributed by atoms with Crippen molar-refractivity contribution in [3.05, 3.63) is 62.3 Å². The lowest BCUT2D eigenvalue weighted by atomic mass is 10.1. The van der Waals surface area contributed by atoms with E-state index in [9.17, 15) is 4.39 Å². The fourth-order valence-corrected chi connectivity index (χ4v) is 2.70. The summed E-state index contributed by atoms with van der Waals surface area (Å²) in [5, 5.41) is 3.43. The van der Waals surface area contributed by atoms with Crippen LogP contribution in [0.1, 0.15) is 18.1 Å². The van der Waals surface area contributed by atoms with E-state index >= 15 is 0 Å². The van der Waals surface area contributed by atoms with Crippen molar-refractivity contribution < 1.29 is 4.39 Å². The van der Waals surface area contributed by atoms with Crippen molar-refractivity contribution in [2.75, 3.05) is 5.32 Å². The van der Waals surface area contributed by atoms with Gasteiger partial charge in [-0.15, -0.1) is 0 Å². The Morgan fingerprint density at radius 1 is 1.15 bits per heavy atom. The second-order valence-corrected chi connectivity index (χ2v) is 6.73. The van der Waals surface area contributed by atoms with Crippen molar-refractivity contribution in [1.82, 2.24) is 0 Å². The predicted molar refractivity (Wildman–Crippen MR) is 89.8 cm³/mol.